The minimum atomic E-state index is 1.12. The quantitative estimate of drug-likeness (QED) is 0.165. The second kappa shape index (κ2) is 13.4. The van der Waals surface area contributed by atoms with Gasteiger partial charge in [-0.3, -0.25) is 0 Å². The molecule has 0 amide bonds. The molecule has 2 heteroatoms. The molecule has 11 aromatic rings. The fourth-order valence-corrected chi connectivity index (χ4v) is 9.63. The summed E-state index contributed by atoms with van der Waals surface area (Å²) in [6.07, 6.45) is 0. The number of rotatable bonds is 6. The molecule has 11 rings (SSSR count). The Kier molecular flexibility index (Phi) is 7.75. The molecule has 262 valence electrons. The topological polar surface area (TPSA) is 3.24 Å². The Morgan fingerprint density at radius 2 is 0.893 bits per heavy atom. The van der Waals surface area contributed by atoms with Crippen LogP contribution in [-0.4, -0.2) is 0 Å². The normalized spacial score (nSPS) is 11.6. The summed E-state index contributed by atoms with van der Waals surface area (Å²) >= 11 is 1.87. The molecule has 0 aliphatic carbocycles. The van der Waals surface area contributed by atoms with Crippen LogP contribution in [0.2, 0.25) is 0 Å². The lowest BCUT2D eigenvalue weighted by Crippen LogP contribution is -2.10. The van der Waals surface area contributed by atoms with Crippen molar-refractivity contribution < 1.29 is 0 Å². The highest BCUT2D eigenvalue weighted by atomic mass is 32.1. The zero-order chi connectivity index (χ0) is 37.0. The SMILES string of the molecule is c1ccc(N(c2ccc3ccc(-c4ccc(-c5ccc6ccccc6c5)cc4)cc3c2)c2ccc(-c3cccc4sc5ccccc5c34)c3ccccc23)cc1. The molecule has 0 aliphatic heterocycles. The summed E-state index contributed by atoms with van der Waals surface area (Å²) in [6.45, 7) is 0. The standard InChI is InChI=1S/C54H35NS/c1-2-13-44(14-3-1)55(51-32-31-47(46-15-6-7-16-48(46)51)49-18-10-20-53-54(49)50-17-8-9-19-52(50)56-53)45-30-29-39-26-28-42(34-43(39)35-45)38-23-21-37(22-24-38)41-27-25-36-11-4-5-12-40(36)33-41/h1-35H. The molecule has 0 N–H and O–H groups in total. The van der Waals surface area contributed by atoms with Crippen LogP contribution >= 0.6 is 11.3 Å². The van der Waals surface area contributed by atoms with Gasteiger partial charge in [-0.25, -0.2) is 0 Å². The molecule has 0 unspecified atom stereocenters. The van der Waals surface area contributed by atoms with Crippen molar-refractivity contribution in [2.24, 2.45) is 0 Å². The lowest BCUT2D eigenvalue weighted by molar-refractivity contribution is 1.30. The van der Waals surface area contributed by atoms with Crippen molar-refractivity contribution in [1.29, 1.82) is 0 Å². The summed E-state index contributed by atoms with van der Waals surface area (Å²) < 4.78 is 2.64. The van der Waals surface area contributed by atoms with E-state index in [-0.39, 0.29) is 0 Å². The van der Waals surface area contributed by atoms with Crippen LogP contribution in [0, 0.1) is 0 Å². The molecule has 0 saturated carbocycles. The first-order chi connectivity index (χ1) is 27.7. The van der Waals surface area contributed by atoms with Crippen molar-refractivity contribution in [1.82, 2.24) is 0 Å². The number of benzene rings is 10. The molecule has 0 spiro atoms. The van der Waals surface area contributed by atoms with Crippen LogP contribution < -0.4 is 4.90 Å². The number of anilines is 3. The van der Waals surface area contributed by atoms with Gasteiger partial charge in [-0.15, -0.1) is 11.3 Å². The van der Waals surface area contributed by atoms with Gasteiger partial charge in [-0.2, -0.15) is 0 Å². The predicted octanol–water partition coefficient (Wildman–Crippen LogP) is 16.0. The maximum atomic E-state index is 2.41. The van der Waals surface area contributed by atoms with Gasteiger partial charge in [0.25, 0.3) is 0 Å². The van der Waals surface area contributed by atoms with Crippen molar-refractivity contribution >= 4 is 80.9 Å². The highest BCUT2D eigenvalue weighted by Crippen LogP contribution is 2.46. The van der Waals surface area contributed by atoms with Gasteiger partial charge in [-0.05, 0) is 115 Å². The van der Waals surface area contributed by atoms with E-state index >= 15 is 0 Å². The first-order valence-corrected chi connectivity index (χ1v) is 20.0. The molecular weight excluding hydrogens is 695 g/mol. The summed E-state index contributed by atoms with van der Waals surface area (Å²) in [5, 5.41) is 10.1. The predicted molar refractivity (Wildman–Crippen MR) is 243 cm³/mol. The second-order valence-electron chi connectivity index (χ2n) is 14.5. The van der Waals surface area contributed by atoms with Crippen LogP contribution in [0.15, 0.2) is 212 Å². The lowest BCUT2D eigenvalue weighted by atomic mass is 9.93. The van der Waals surface area contributed by atoms with Crippen LogP contribution in [-0.2, 0) is 0 Å². The highest BCUT2D eigenvalue weighted by molar-refractivity contribution is 7.25. The molecular formula is C54H35NS. The monoisotopic (exact) mass is 729 g/mol. The average Bonchev–Trinajstić information content (AvgIpc) is 3.66. The Balaban J connectivity index is 1.01. The minimum absolute atomic E-state index is 1.12. The number of hydrogen-bond donors (Lipinski definition) is 0. The van der Waals surface area contributed by atoms with Crippen LogP contribution in [0.1, 0.15) is 0 Å². The molecule has 56 heavy (non-hydrogen) atoms. The molecule has 1 heterocycles. The van der Waals surface area contributed by atoms with E-state index in [1.165, 1.54) is 85.9 Å². The van der Waals surface area contributed by atoms with Crippen molar-refractivity contribution in [2.75, 3.05) is 4.90 Å². The van der Waals surface area contributed by atoms with Gasteiger partial charge in [0.1, 0.15) is 0 Å². The fourth-order valence-electron chi connectivity index (χ4n) is 8.49. The van der Waals surface area contributed by atoms with Crippen LogP contribution in [0.25, 0.3) is 85.9 Å². The molecule has 1 aromatic heterocycles. The largest absolute Gasteiger partial charge is 0.310 e. The number of nitrogens with zero attached hydrogens (tertiary/aromatic N) is 1. The van der Waals surface area contributed by atoms with E-state index in [1.807, 2.05) is 11.3 Å². The zero-order valence-electron chi connectivity index (χ0n) is 30.6. The summed E-state index contributed by atoms with van der Waals surface area (Å²) in [7, 11) is 0. The number of thiophene rings is 1. The Morgan fingerprint density at radius 1 is 0.304 bits per heavy atom. The van der Waals surface area contributed by atoms with Crippen molar-refractivity contribution in [3.8, 4) is 33.4 Å². The third kappa shape index (κ3) is 5.54. The van der Waals surface area contributed by atoms with Gasteiger partial charge in [0, 0.05) is 36.9 Å². The Bertz CT molecular complexity index is 3250. The minimum Gasteiger partial charge on any atom is -0.310 e. The van der Waals surface area contributed by atoms with E-state index in [2.05, 4.69) is 217 Å². The number of hydrogen-bond acceptors (Lipinski definition) is 2. The third-order valence-electron chi connectivity index (χ3n) is 11.2. The van der Waals surface area contributed by atoms with Crippen LogP contribution in [0.5, 0.6) is 0 Å². The molecule has 0 bridgehead atoms. The van der Waals surface area contributed by atoms with Gasteiger partial charge < -0.3 is 4.90 Å². The summed E-state index contributed by atoms with van der Waals surface area (Å²) in [6, 6.07) is 77.7. The second-order valence-corrected chi connectivity index (χ2v) is 15.6. The molecule has 0 radical (unpaired) electrons. The third-order valence-corrected chi connectivity index (χ3v) is 12.4. The van der Waals surface area contributed by atoms with E-state index in [4.69, 9.17) is 0 Å². The summed E-state index contributed by atoms with van der Waals surface area (Å²) in [5.41, 5.74) is 10.8. The highest BCUT2D eigenvalue weighted by Gasteiger charge is 2.19. The van der Waals surface area contributed by atoms with Crippen molar-refractivity contribution in [3.63, 3.8) is 0 Å². The molecule has 1 nitrogen and oxygen atoms in total. The van der Waals surface area contributed by atoms with Gasteiger partial charge in [0.2, 0.25) is 0 Å². The van der Waals surface area contributed by atoms with Crippen LogP contribution in [0.4, 0.5) is 17.1 Å². The van der Waals surface area contributed by atoms with Crippen LogP contribution in [0.3, 0.4) is 0 Å². The zero-order valence-corrected chi connectivity index (χ0v) is 31.4. The lowest BCUT2D eigenvalue weighted by Gasteiger charge is -2.28. The van der Waals surface area contributed by atoms with E-state index in [9.17, 15) is 0 Å². The van der Waals surface area contributed by atoms with Gasteiger partial charge in [-0.1, -0.05) is 158 Å². The van der Waals surface area contributed by atoms with E-state index in [0.717, 1.165) is 17.1 Å². The Hall–Kier alpha value is -7.00. The molecule has 0 atom stereocenters. The van der Waals surface area contributed by atoms with E-state index in [0.29, 0.717) is 0 Å². The first-order valence-electron chi connectivity index (χ1n) is 19.2. The molecule has 0 aliphatic rings. The smallest absolute Gasteiger partial charge is 0.0540 e. The van der Waals surface area contributed by atoms with Crippen molar-refractivity contribution in [2.45, 2.75) is 0 Å². The maximum Gasteiger partial charge on any atom is 0.0540 e. The van der Waals surface area contributed by atoms with Gasteiger partial charge >= 0.3 is 0 Å². The average molecular weight is 730 g/mol. The maximum absolute atomic E-state index is 2.41. The Labute approximate surface area is 330 Å². The first kappa shape index (κ1) is 32.4. The summed E-state index contributed by atoms with van der Waals surface area (Å²) in [4.78, 5) is 2.41. The van der Waals surface area contributed by atoms with Gasteiger partial charge in [0.15, 0.2) is 0 Å². The number of para-hydroxylation sites is 1. The molecule has 0 saturated heterocycles. The van der Waals surface area contributed by atoms with E-state index < -0.39 is 0 Å². The van der Waals surface area contributed by atoms with Gasteiger partial charge in [0.05, 0.1) is 5.69 Å². The Morgan fingerprint density at radius 3 is 1.68 bits per heavy atom. The number of fused-ring (bicyclic) bond motifs is 6. The fraction of sp³-hybridized carbons (Fsp3) is 0. The van der Waals surface area contributed by atoms with E-state index in [1.54, 1.807) is 0 Å². The van der Waals surface area contributed by atoms with Crippen molar-refractivity contribution in [3.05, 3.63) is 212 Å². The summed E-state index contributed by atoms with van der Waals surface area (Å²) in [5.74, 6) is 0. The molecule has 10 aromatic carbocycles. The molecule has 0 fully saturated rings.